The minimum atomic E-state index is -1.07. The first-order valence-electron chi connectivity index (χ1n) is 5.44. The van der Waals surface area contributed by atoms with Crippen molar-refractivity contribution in [3.8, 4) is 0 Å². The summed E-state index contributed by atoms with van der Waals surface area (Å²) < 4.78 is 25.8. The van der Waals surface area contributed by atoms with Gasteiger partial charge >= 0.3 is 0 Å². The molecule has 0 aliphatic heterocycles. The summed E-state index contributed by atoms with van der Waals surface area (Å²) in [5.41, 5.74) is -0.0296. The van der Waals surface area contributed by atoms with Crippen LogP contribution in [-0.4, -0.2) is 11.9 Å². The molecule has 0 radical (unpaired) electrons. The summed E-state index contributed by atoms with van der Waals surface area (Å²) >= 11 is 5.71. The van der Waals surface area contributed by atoms with Crippen LogP contribution in [0, 0.1) is 17.6 Å². The molecular weight excluding hydrogens is 248 g/mol. The van der Waals surface area contributed by atoms with Crippen LogP contribution < -0.4 is 5.32 Å². The quantitative estimate of drug-likeness (QED) is 0.830. The van der Waals surface area contributed by atoms with Crippen molar-refractivity contribution < 1.29 is 13.6 Å². The number of hydrogen-bond donors (Lipinski definition) is 1. The Labute approximate surface area is 103 Å². The van der Waals surface area contributed by atoms with Crippen molar-refractivity contribution in [1.29, 1.82) is 0 Å². The van der Waals surface area contributed by atoms with Gasteiger partial charge in [0.25, 0.3) is 5.91 Å². The van der Waals surface area contributed by atoms with E-state index in [2.05, 4.69) is 5.32 Å². The van der Waals surface area contributed by atoms with E-state index in [1.54, 1.807) is 0 Å². The highest BCUT2D eigenvalue weighted by Gasteiger charge is 2.29. The fraction of sp³-hybridized carbons (Fsp3) is 0.417. The van der Waals surface area contributed by atoms with Crippen LogP contribution in [-0.2, 0) is 0 Å². The van der Waals surface area contributed by atoms with Crippen molar-refractivity contribution in [1.82, 2.24) is 5.32 Å². The number of carbonyl (C=O) groups excluding carboxylic acids is 1. The monoisotopic (exact) mass is 259 g/mol. The van der Waals surface area contributed by atoms with E-state index in [-0.39, 0.29) is 16.6 Å². The van der Waals surface area contributed by atoms with Gasteiger partial charge in [0.15, 0.2) is 11.6 Å². The third-order valence-electron chi connectivity index (χ3n) is 2.94. The normalized spacial score (nSPS) is 16.7. The topological polar surface area (TPSA) is 29.1 Å². The van der Waals surface area contributed by atoms with Gasteiger partial charge in [0.05, 0.1) is 10.6 Å². The second-order valence-corrected chi connectivity index (χ2v) is 4.75. The fourth-order valence-electron chi connectivity index (χ4n) is 1.70. The lowest BCUT2D eigenvalue weighted by Crippen LogP contribution is -2.34. The number of halogens is 3. The highest BCUT2D eigenvalue weighted by atomic mass is 35.5. The van der Waals surface area contributed by atoms with Crippen molar-refractivity contribution in [2.45, 2.75) is 25.8 Å². The largest absolute Gasteiger partial charge is 0.349 e. The predicted octanol–water partition coefficient (Wildman–Crippen LogP) is 3.15. The van der Waals surface area contributed by atoms with Crippen LogP contribution in [0.5, 0.6) is 0 Å². The summed E-state index contributed by atoms with van der Waals surface area (Å²) in [6.45, 7) is 1.89. The molecule has 92 valence electrons. The van der Waals surface area contributed by atoms with Crippen LogP contribution in [0.3, 0.4) is 0 Å². The maximum absolute atomic E-state index is 13.0. The zero-order valence-corrected chi connectivity index (χ0v) is 10.0. The van der Waals surface area contributed by atoms with Gasteiger partial charge in [-0.2, -0.15) is 0 Å². The number of hydrogen-bond acceptors (Lipinski definition) is 1. The van der Waals surface area contributed by atoms with Crippen LogP contribution in [0.4, 0.5) is 8.78 Å². The van der Waals surface area contributed by atoms with E-state index in [0.717, 1.165) is 25.0 Å². The van der Waals surface area contributed by atoms with Crippen molar-refractivity contribution >= 4 is 17.5 Å². The van der Waals surface area contributed by atoms with Crippen molar-refractivity contribution in [2.75, 3.05) is 0 Å². The maximum Gasteiger partial charge on any atom is 0.253 e. The number of carbonyl (C=O) groups is 1. The second-order valence-electron chi connectivity index (χ2n) is 4.35. The molecule has 0 spiro atoms. The molecule has 0 unspecified atom stereocenters. The third kappa shape index (κ3) is 2.75. The average Bonchev–Trinajstić information content (AvgIpc) is 3.06. The zero-order valence-electron chi connectivity index (χ0n) is 9.27. The molecule has 1 aromatic rings. The van der Waals surface area contributed by atoms with Crippen molar-refractivity contribution in [2.24, 2.45) is 5.92 Å². The van der Waals surface area contributed by atoms with Crippen molar-refractivity contribution in [3.63, 3.8) is 0 Å². The first kappa shape index (κ1) is 12.3. The zero-order chi connectivity index (χ0) is 12.6. The molecule has 17 heavy (non-hydrogen) atoms. The third-order valence-corrected chi connectivity index (χ3v) is 3.26. The number of rotatable bonds is 3. The minimum Gasteiger partial charge on any atom is -0.349 e. The fourth-order valence-corrected chi connectivity index (χ4v) is 1.93. The Hall–Kier alpha value is -1.16. The lowest BCUT2D eigenvalue weighted by Gasteiger charge is -2.13. The Kier molecular flexibility index (Phi) is 3.33. The smallest absolute Gasteiger partial charge is 0.253 e. The molecule has 1 atom stereocenters. The van der Waals surface area contributed by atoms with Gasteiger partial charge in [-0.1, -0.05) is 11.6 Å². The average molecular weight is 260 g/mol. The van der Waals surface area contributed by atoms with Gasteiger partial charge in [0.2, 0.25) is 0 Å². The van der Waals surface area contributed by atoms with E-state index in [1.165, 1.54) is 0 Å². The van der Waals surface area contributed by atoms with Gasteiger partial charge in [0, 0.05) is 6.04 Å². The maximum atomic E-state index is 13.0. The van der Waals surface area contributed by atoms with E-state index in [1.807, 2.05) is 6.92 Å². The first-order chi connectivity index (χ1) is 7.99. The van der Waals surface area contributed by atoms with Crippen LogP contribution in [0.15, 0.2) is 12.1 Å². The highest BCUT2D eigenvalue weighted by molar-refractivity contribution is 6.33. The molecular formula is C12H12ClF2NO. The van der Waals surface area contributed by atoms with Gasteiger partial charge in [-0.15, -0.1) is 0 Å². The summed E-state index contributed by atoms with van der Waals surface area (Å²) in [6.07, 6.45) is 2.18. The summed E-state index contributed by atoms with van der Waals surface area (Å²) in [7, 11) is 0. The SMILES string of the molecule is C[C@H](NC(=O)c1cc(F)c(F)cc1Cl)C1CC1. The molecule has 1 amide bonds. The standard InChI is InChI=1S/C12H12ClF2NO/c1-6(7-2-3-7)16-12(17)8-4-10(14)11(15)5-9(8)13/h4-7H,2-3H2,1H3,(H,16,17)/t6-/m0/s1. The Bertz CT molecular complexity index is 460. The molecule has 5 heteroatoms. The molecule has 1 N–H and O–H groups in total. The molecule has 2 nitrogen and oxygen atoms in total. The highest BCUT2D eigenvalue weighted by Crippen LogP contribution is 2.32. The van der Waals surface area contributed by atoms with E-state index in [4.69, 9.17) is 11.6 Å². The minimum absolute atomic E-state index is 0.0296. The summed E-state index contributed by atoms with van der Waals surface area (Å²) in [5, 5.41) is 2.65. The predicted molar refractivity (Wildman–Crippen MR) is 61.0 cm³/mol. The van der Waals surface area contributed by atoms with E-state index < -0.39 is 17.5 Å². The Balaban J connectivity index is 2.15. The summed E-state index contributed by atoms with van der Waals surface area (Å²) in [4.78, 5) is 11.8. The lowest BCUT2D eigenvalue weighted by atomic mass is 10.1. The number of amides is 1. The molecule has 2 rings (SSSR count). The molecule has 0 heterocycles. The number of nitrogens with one attached hydrogen (secondary N) is 1. The van der Waals surface area contributed by atoms with Crippen LogP contribution in [0.1, 0.15) is 30.1 Å². The molecule has 1 aromatic carbocycles. The van der Waals surface area contributed by atoms with E-state index in [0.29, 0.717) is 5.92 Å². The molecule has 0 bridgehead atoms. The van der Waals surface area contributed by atoms with Gasteiger partial charge in [0.1, 0.15) is 0 Å². The second kappa shape index (κ2) is 4.61. The first-order valence-corrected chi connectivity index (χ1v) is 5.82. The van der Waals surface area contributed by atoms with Crippen molar-refractivity contribution in [3.05, 3.63) is 34.4 Å². The summed E-state index contributed by atoms with van der Waals surface area (Å²) in [6, 6.07) is 1.67. The molecule has 1 saturated carbocycles. The number of benzene rings is 1. The molecule has 1 aliphatic carbocycles. The Morgan fingerprint density at radius 3 is 2.59 bits per heavy atom. The van der Waals surface area contributed by atoms with E-state index in [9.17, 15) is 13.6 Å². The van der Waals surface area contributed by atoms with Gasteiger partial charge in [-0.05, 0) is 37.8 Å². The van der Waals surface area contributed by atoms with Gasteiger partial charge in [-0.3, -0.25) is 4.79 Å². The molecule has 1 fully saturated rings. The van der Waals surface area contributed by atoms with Gasteiger partial charge < -0.3 is 5.32 Å². The molecule has 1 aliphatic rings. The lowest BCUT2D eigenvalue weighted by molar-refractivity contribution is 0.0935. The van der Waals surface area contributed by atoms with Crippen LogP contribution in [0.25, 0.3) is 0 Å². The molecule has 0 saturated heterocycles. The Morgan fingerprint density at radius 2 is 2.00 bits per heavy atom. The van der Waals surface area contributed by atoms with Crippen LogP contribution in [0.2, 0.25) is 5.02 Å². The molecule has 0 aromatic heterocycles. The van der Waals surface area contributed by atoms with Crippen LogP contribution >= 0.6 is 11.6 Å². The van der Waals surface area contributed by atoms with Gasteiger partial charge in [-0.25, -0.2) is 8.78 Å². The van der Waals surface area contributed by atoms with E-state index >= 15 is 0 Å². The summed E-state index contributed by atoms with van der Waals surface area (Å²) in [5.74, 6) is -2.10. The Morgan fingerprint density at radius 1 is 1.41 bits per heavy atom.